The topological polar surface area (TPSA) is 150 Å². The number of nitrogens with zero attached hydrogens (tertiary/aromatic N) is 1. The van der Waals surface area contributed by atoms with E-state index in [9.17, 15) is 22.9 Å². The van der Waals surface area contributed by atoms with Crippen LogP contribution in [0.2, 0.25) is 0 Å². The summed E-state index contributed by atoms with van der Waals surface area (Å²) >= 11 is 0. The van der Waals surface area contributed by atoms with Crippen LogP contribution in [0.25, 0.3) is 0 Å². The molecule has 0 aliphatic heterocycles. The van der Waals surface area contributed by atoms with Crippen molar-refractivity contribution in [3.63, 3.8) is 0 Å². The van der Waals surface area contributed by atoms with Gasteiger partial charge in [0, 0.05) is 18.7 Å². The van der Waals surface area contributed by atoms with Crippen LogP contribution in [0.1, 0.15) is 86.1 Å². The van der Waals surface area contributed by atoms with Gasteiger partial charge in [0.25, 0.3) is 0 Å². The lowest BCUT2D eigenvalue weighted by Gasteiger charge is -2.40. The molecule has 0 saturated carbocycles. The Bertz CT molecular complexity index is 1420. The molecular weight excluding hydrogens is 683 g/mol. The van der Waals surface area contributed by atoms with Crippen LogP contribution in [0.5, 0.6) is 5.75 Å². The van der Waals surface area contributed by atoms with Gasteiger partial charge in [-0.05, 0) is 90.1 Å². The number of hydrogen-bond donors (Lipinski definition) is 2. The van der Waals surface area contributed by atoms with Crippen LogP contribution in [0.15, 0.2) is 59.5 Å². The van der Waals surface area contributed by atoms with E-state index in [0.717, 1.165) is 31.2 Å². The first-order chi connectivity index (χ1) is 23.5. The Labute approximate surface area is 299 Å². The Kier molecular flexibility index (Phi) is 17.9. The molecule has 12 nitrogen and oxygen atoms in total. The maximum atomic E-state index is 14.3. The molecule has 2 aromatic carbocycles. The van der Waals surface area contributed by atoms with E-state index in [1.165, 1.54) is 23.5 Å². The third kappa shape index (κ3) is 15.0. The predicted octanol–water partition coefficient (Wildman–Crippen LogP) is 7.15. The van der Waals surface area contributed by atoms with E-state index < -0.39 is 47.0 Å². The highest BCUT2D eigenvalue weighted by Crippen LogP contribution is 2.48. The molecule has 1 amide bonds. The molecule has 2 aromatic rings. The SMILES string of the molecule is CCCCOP(=O)(COCCC(C)(C)N(C[C@@H](O)[C@H](Cc1ccccc1)NC(=O)OC(C)(C)C)S(=O)(=O)c1ccc(OC)cc1)OCCCC. The second kappa shape index (κ2) is 20.5. The Balaban J connectivity index is 2.38. The van der Waals surface area contributed by atoms with Crippen molar-refractivity contribution in [1.29, 1.82) is 0 Å². The number of unbranched alkanes of at least 4 members (excludes halogenated alkanes) is 2. The number of amides is 1. The van der Waals surface area contributed by atoms with Gasteiger partial charge < -0.3 is 33.7 Å². The van der Waals surface area contributed by atoms with Crippen LogP contribution in [0, 0.1) is 0 Å². The Morgan fingerprint density at radius 2 is 1.50 bits per heavy atom. The summed E-state index contributed by atoms with van der Waals surface area (Å²) < 4.78 is 71.1. The number of sulfonamides is 1. The van der Waals surface area contributed by atoms with Crippen LogP contribution in [0.3, 0.4) is 0 Å². The van der Waals surface area contributed by atoms with Gasteiger partial charge in [0.05, 0.1) is 37.4 Å². The van der Waals surface area contributed by atoms with E-state index >= 15 is 0 Å². The molecule has 0 bridgehead atoms. The Morgan fingerprint density at radius 1 is 0.920 bits per heavy atom. The van der Waals surface area contributed by atoms with E-state index in [-0.39, 0.29) is 50.5 Å². The van der Waals surface area contributed by atoms with Crippen molar-refractivity contribution >= 4 is 23.7 Å². The lowest BCUT2D eigenvalue weighted by molar-refractivity contribution is 0.0341. The van der Waals surface area contributed by atoms with Crippen molar-refractivity contribution in [1.82, 2.24) is 9.62 Å². The zero-order valence-corrected chi connectivity index (χ0v) is 32.8. The highest BCUT2D eigenvalue weighted by molar-refractivity contribution is 7.89. The molecule has 0 radical (unpaired) electrons. The van der Waals surface area contributed by atoms with Crippen LogP contribution in [0.4, 0.5) is 4.79 Å². The molecule has 0 aliphatic carbocycles. The second-order valence-corrected chi connectivity index (χ2v) is 17.7. The molecular formula is C36H59N2O10PS. The first kappa shape index (κ1) is 43.7. The van der Waals surface area contributed by atoms with Crippen molar-refractivity contribution in [3.8, 4) is 5.75 Å². The zero-order valence-electron chi connectivity index (χ0n) is 31.1. The number of ether oxygens (including phenoxy) is 3. The van der Waals surface area contributed by atoms with Gasteiger partial charge in [0.1, 0.15) is 17.7 Å². The first-order valence-corrected chi connectivity index (χ1v) is 20.5. The van der Waals surface area contributed by atoms with Gasteiger partial charge in [-0.3, -0.25) is 4.57 Å². The number of aliphatic hydroxyl groups is 1. The number of alkyl carbamates (subject to hydrolysis) is 1. The number of nitrogens with one attached hydrogen (secondary N) is 1. The third-order valence-corrected chi connectivity index (χ3v) is 11.6. The number of β-amino-alcohol motifs (C(OH)–C–C–N with tert-alkyl or cyclic N) is 1. The predicted molar refractivity (Wildman–Crippen MR) is 195 cm³/mol. The lowest BCUT2D eigenvalue weighted by atomic mass is 9.98. The highest BCUT2D eigenvalue weighted by Gasteiger charge is 2.40. The molecule has 0 saturated heterocycles. The number of carbonyl (C=O) groups excluding carboxylic acids is 1. The summed E-state index contributed by atoms with van der Waals surface area (Å²) in [5.74, 6) is 0.486. The number of rotatable bonds is 23. The number of hydrogen-bond acceptors (Lipinski definition) is 10. The molecule has 0 spiro atoms. The van der Waals surface area contributed by atoms with Crippen molar-refractivity contribution in [2.45, 2.75) is 115 Å². The maximum absolute atomic E-state index is 14.3. The number of carbonyl (C=O) groups is 1. The maximum Gasteiger partial charge on any atom is 0.407 e. The summed E-state index contributed by atoms with van der Waals surface area (Å²) in [7, 11) is -6.26. The molecule has 2 N–H and O–H groups in total. The van der Waals surface area contributed by atoms with Crippen molar-refractivity contribution in [2.24, 2.45) is 0 Å². The first-order valence-electron chi connectivity index (χ1n) is 17.3. The quantitative estimate of drug-likeness (QED) is 0.0888. The highest BCUT2D eigenvalue weighted by atomic mass is 32.2. The molecule has 0 heterocycles. The molecule has 2 atom stereocenters. The van der Waals surface area contributed by atoms with Gasteiger partial charge in [0.2, 0.25) is 10.0 Å². The molecule has 0 fully saturated rings. The van der Waals surface area contributed by atoms with Crippen LogP contribution in [-0.4, -0.2) is 87.0 Å². The summed E-state index contributed by atoms with van der Waals surface area (Å²) in [5, 5.41) is 14.5. The van der Waals surface area contributed by atoms with Crippen molar-refractivity contribution in [2.75, 3.05) is 39.8 Å². The normalized spacial score (nSPS) is 14.0. The molecule has 284 valence electrons. The van der Waals surface area contributed by atoms with Crippen LogP contribution >= 0.6 is 7.60 Å². The lowest BCUT2D eigenvalue weighted by Crippen LogP contribution is -2.56. The molecule has 0 aliphatic rings. The van der Waals surface area contributed by atoms with E-state index in [4.69, 9.17) is 23.3 Å². The largest absolute Gasteiger partial charge is 0.497 e. The van der Waals surface area contributed by atoms with Gasteiger partial charge >= 0.3 is 13.7 Å². The van der Waals surface area contributed by atoms with Gasteiger partial charge in [-0.25, -0.2) is 13.2 Å². The standard InChI is InChI=1S/C36H59N2O10PS/c1-9-11-23-46-49(41,47-24-12-10-2)28-45-25-22-36(6,7)38(50(42,43)31-20-18-30(44-8)19-21-31)27-33(39)32(26-29-16-14-13-15-17-29)37-34(40)48-35(3,4)5/h13-21,32-33,39H,9-12,22-28H2,1-8H3,(H,37,40)/t32-,33+/m0/s1. The number of aliphatic hydroxyl groups excluding tert-OH is 1. The summed E-state index contributed by atoms with van der Waals surface area (Å²) in [6.45, 7) is 12.9. The third-order valence-electron chi connectivity index (χ3n) is 7.82. The van der Waals surface area contributed by atoms with Crippen molar-refractivity contribution in [3.05, 3.63) is 60.2 Å². The summed E-state index contributed by atoms with van der Waals surface area (Å²) in [5.41, 5.74) is -1.08. The summed E-state index contributed by atoms with van der Waals surface area (Å²) in [6, 6.07) is 14.4. The Hall–Kier alpha value is -2.51. The molecule has 0 unspecified atom stereocenters. The Morgan fingerprint density at radius 3 is 2.02 bits per heavy atom. The molecule has 14 heteroatoms. The summed E-state index contributed by atoms with van der Waals surface area (Å²) in [4.78, 5) is 12.9. The zero-order chi connectivity index (χ0) is 37.4. The molecule has 50 heavy (non-hydrogen) atoms. The van der Waals surface area contributed by atoms with Gasteiger partial charge in [-0.1, -0.05) is 57.0 Å². The average Bonchev–Trinajstić information content (AvgIpc) is 3.05. The fourth-order valence-electron chi connectivity index (χ4n) is 4.88. The van der Waals surface area contributed by atoms with Crippen LogP contribution in [-0.2, 0) is 39.5 Å². The minimum absolute atomic E-state index is 0.00245. The second-order valence-electron chi connectivity index (χ2n) is 13.8. The molecule has 2 rings (SSSR count). The van der Waals surface area contributed by atoms with Crippen molar-refractivity contribution < 1.29 is 46.1 Å². The van der Waals surface area contributed by atoms with E-state index in [0.29, 0.717) is 5.75 Å². The average molecular weight is 743 g/mol. The van der Waals surface area contributed by atoms with Gasteiger partial charge in [0.15, 0.2) is 0 Å². The van der Waals surface area contributed by atoms with Gasteiger partial charge in [-0.2, -0.15) is 4.31 Å². The fourth-order valence-corrected chi connectivity index (χ4v) is 8.10. The van der Waals surface area contributed by atoms with Crippen LogP contribution < -0.4 is 10.1 Å². The minimum atomic E-state index is -4.22. The summed E-state index contributed by atoms with van der Waals surface area (Å²) in [6.07, 6.45) is 1.21. The van der Waals surface area contributed by atoms with Gasteiger partial charge in [-0.15, -0.1) is 0 Å². The fraction of sp³-hybridized carbons (Fsp3) is 0.639. The smallest absolute Gasteiger partial charge is 0.407 e. The number of benzene rings is 2. The minimum Gasteiger partial charge on any atom is -0.497 e. The van der Waals surface area contributed by atoms with E-state index in [1.54, 1.807) is 46.8 Å². The van der Waals surface area contributed by atoms with E-state index in [2.05, 4.69) is 5.32 Å². The number of methoxy groups -OCH3 is 1. The monoisotopic (exact) mass is 742 g/mol. The van der Waals surface area contributed by atoms with E-state index in [1.807, 2.05) is 44.2 Å². The molecule has 0 aromatic heterocycles.